The zero-order valence-corrected chi connectivity index (χ0v) is 16.8. The van der Waals surface area contributed by atoms with Crippen LogP contribution in [0.15, 0.2) is 58.1 Å². The molecule has 0 radical (unpaired) electrons. The maximum Gasteiger partial charge on any atom is 0.290 e. The average molecular weight is 421 g/mol. The fourth-order valence-electron chi connectivity index (χ4n) is 3.19. The van der Waals surface area contributed by atoms with Gasteiger partial charge < -0.3 is 9.73 Å². The quantitative estimate of drug-likeness (QED) is 0.448. The Morgan fingerprint density at radius 3 is 2.80 bits per heavy atom. The molecule has 0 unspecified atom stereocenters. The highest BCUT2D eigenvalue weighted by molar-refractivity contribution is 8.18. The molecule has 0 spiro atoms. The SMILES string of the molecule is O=C(Cc1cncc2cc(/C=C3\SC(=O)NC3=O)oc12)NCCCc1ccccc1. The second-order valence-corrected chi connectivity index (χ2v) is 7.85. The van der Waals surface area contributed by atoms with Crippen molar-refractivity contribution >= 4 is 45.9 Å². The molecule has 1 fully saturated rings. The predicted molar refractivity (Wildman–Crippen MR) is 115 cm³/mol. The molecule has 30 heavy (non-hydrogen) atoms. The number of thioether (sulfide) groups is 1. The number of nitrogens with zero attached hydrogens (tertiary/aromatic N) is 1. The van der Waals surface area contributed by atoms with Gasteiger partial charge in [0, 0.05) is 36.0 Å². The van der Waals surface area contributed by atoms with Crippen LogP contribution in [0.5, 0.6) is 0 Å². The molecule has 1 saturated heterocycles. The lowest BCUT2D eigenvalue weighted by molar-refractivity contribution is -0.120. The number of rotatable bonds is 7. The van der Waals surface area contributed by atoms with E-state index in [1.165, 1.54) is 11.6 Å². The zero-order valence-electron chi connectivity index (χ0n) is 16.0. The third-order valence-corrected chi connectivity index (χ3v) is 5.40. The maximum atomic E-state index is 12.3. The zero-order chi connectivity index (χ0) is 20.9. The number of pyridine rings is 1. The van der Waals surface area contributed by atoms with Gasteiger partial charge in [-0.2, -0.15) is 0 Å². The number of nitrogens with one attached hydrogen (secondary N) is 2. The highest BCUT2D eigenvalue weighted by atomic mass is 32.2. The van der Waals surface area contributed by atoms with Crippen LogP contribution in [0.25, 0.3) is 17.0 Å². The highest BCUT2D eigenvalue weighted by Crippen LogP contribution is 2.29. The largest absolute Gasteiger partial charge is 0.456 e. The second-order valence-electron chi connectivity index (χ2n) is 6.83. The summed E-state index contributed by atoms with van der Waals surface area (Å²) in [6, 6.07) is 11.9. The number of carbonyl (C=O) groups excluding carboxylic acids is 3. The van der Waals surface area contributed by atoms with E-state index in [9.17, 15) is 14.4 Å². The summed E-state index contributed by atoms with van der Waals surface area (Å²) in [5.74, 6) is -0.126. The minimum atomic E-state index is -0.446. The van der Waals surface area contributed by atoms with Crippen molar-refractivity contribution in [3.8, 4) is 0 Å². The molecular formula is C22H19N3O4S. The van der Waals surface area contributed by atoms with Gasteiger partial charge >= 0.3 is 0 Å². The van der Waals surface area contributed by atoms with E-state index in [0.29, 0.717) is 23.5 Å². The summed E-state index contributed by atoms with van der Waals surface area (Å²) < 4.78 is 5.83. The van der Waals surface area contributed by atoms with E-state index >= 15 is 0 Å². The van der Waals surface area contributed by atoms with Crippen molar-refractivity contribution in [3.05, 3.63) is 70.6 Å². The van der Waals surface area contributed by atoms with Gasteiger partial charge in [-0.05, 0) is 36.2 Å². The Labute approximate surface area is 176 Å². The van der Waals surface area contributed by atoms with E-state index in [4.69, 9.17) is 4.42 Å². The molecule has 7 nitrogen and oxygen atoms in total. The lowest BCUT2D eigenvalue weighted by Crippen LogP contribution is -2.26. The summed E-state index contributed by atoms with van der Waals surface area (Å²) in [7, 11) is 0. The number of hydrogen-bond donors (Lipinski definition) is 2. The number of hydrogen-bond acceptors (Lipinski definition) is 6. The highest BCUT2D eigenvalue weighted by Gasteiger charge is 2.25. The summed E-state index contributed by atoms with van der Waals surface area (Å²) in [5, 5.41) is 5.45. The van der Waals surface area contributed by atoms with E-state index in [-0.39, 0.29) is 17.2 Å². The van der Waals surface area contributed by atoms with E-state index < -0.39 is 11.1 Å². The molecule has 1 aliphatic heterocycles. The topological polar surface area (TPSA) is 101 Å². The summed E-state index contributed by atoms with van der Waals surface area (Å²) in [5.41, 5.74) is 2.46. The van der Waals surface area contributed by atoms with E-state index in [0.717, 1.165) is 30.0 Å². The molecule has 2 N–H and O–H groups in total. The van der Waals surface area contributed by atoms with Crippen molar-refractivity contribution in [2.24, 2.45) is 0 Å². The second kappa shape index (κ2) is 8.96. The van der Waals surface area contributed by atoms with Crippen LogP contribution in [0.3, 0.4) is 0 Å². The van der Waals surface area contributed by atoms with Gasteiger partial charge in [-0.3, -0.25) is 24.7 Å². The Bertz CT molecular complexity index is 1140. The molecule has 2 aromatic heterocycles. The number of benzene rings is 1. The van der Waals surface area contributed by atoms with E-state index in [1.807, 2.05) is 18.2 Å². The number of imide groups is 1. The summed E-state index contributed by atoms with van der Waals surface area (Å²) >= 11 is 0.825. The Morgan fingerprint density at radius 2 is 2.03 bits per heavy atom. The van der Waals surface area contributed by atoms with Crippen LogP contribution in [-0.2, 0) is 22.4 Å². The third kappa shape index (κ3) is 4.77. The summed E-state index contributed by atoms with van der Waals surface area (Å²) in [6.07, 6.45) is 6.66. The molecular weight excluding hydrogens is 402 g/mol. The van der Waals surface area contributed by atoms with Crippen LogP contribution in [0, 0.1) is 0 Å². The van der Waals surface area contributed by atoms with Crippen molar-refractivity contribution in [2.45, 2.75) is 19.3 Å². The number of furan rings is 1. The van der Waals surface area contributed by atoms with Crippen molar-refractivity contribution in [3.63, 3.8) is 0 Å². The van der Waals surface area contributed by atoms with Crippen molar-refractivity contribution in [2.75, 3.05) is 6.54 Å². The molecule has 3 aromatic rings. The Morgan fingerprint density at radius 1 is 1.20 bits per heavy atom. The lowest BCUT2D eigenvalue weighted by atomic mass is 10.1. The monoisotopic (exact) mass is 421 g/mol. The number of fused-ring (bicyclic) bond motifs is 1. The van der Waals surface area contributed by atoms with Gasteiger partial charge in [-0.15, -0.1) is 0 Å². The van der Waals surface area contributed by atoms with Gasteiger partial charge in [0.2, 0.25) is 5.91 Å². The molecule has 1 aliphatic rings. The van der Waals surface area contributed by atoms with Crippen LogP contribution in [0.4, 0.5) is 4.79 Å². The van der Waals surface area contributed by atoms with Gasteiger partial charge in [-0.1, -0.05) is 30.3 Å². The smallest absolute Gasteiger partial charge is 0.290 e. The minimum Gasteiger partial charge on any atom is -0.456 e. The number of aromatic nitrogens is 1. The van der Waals surface area contributed by atoms with Crippen LogP contribution >= 0.6 is 11.8 Å². The molecule has 4 rings (SSSR count). The molecule has 0 bridgehead atoms. The normalized spacial score (nSPS) is 15.0. The van der Waals surface area contributed by atoms with E-state index in [2.05, 4.69) is 27.8 Å². The number of carbonyl (C=O) groups is 3. The molecule has 3 amide bonds. The minimum absolute atomic E-state index is 0.106. The first-order valence-electron chi connectivity index (χ1n) is 9.50. The van der Waals surface area contributed by atoms with Gasteiger partial charge in [0.25, 0.3) is 11.1 Å². The Kier molecular flexibility index (Phi) is 5.94. The summed E-state index contributed by atoms with van der Waals surface area (Å²) in [4.78, 5) is 39.8. The fourth-order valence-corrected chi connectivity index (χ4v) is 3.85. The first-order chi connectivity index (χ1) is 14.6. The molecule has 0 saturated carbocycles. The Hall–Kier alpha value is -3.39. The molecule has 1 aromatic carbocycles. The summed E-state index contributed by atoms with van der Waals surface area (Å²) in [6.45, 7) is 0.590. The van der Waals surface area contributed by atoms with Crippen LogP contribution < -0.4 is 10.6 Å². The molecule has 8 heteroatoms. The van der Waals surface area contributed by atoms with Crippen molar-refractivity contribution in [1.82, 2.24) is 15.6 Å². The number of aryl methyl sites for hydroxylation is 1. The van der Waals surface area contributed by atoms with Gasteiger partial charge in [0.05, 0.1) is 11.3 Å². The fraction of sp³-hybridized carbons (Fsp3) is 0.182. The predicted octanol–water partition coefficient (Wildman–Crippen LogP) is 3.44. The first-order valence-corrected chi connectivity index (χ1v) is 10.3. The third-order valence-electron chi connectivity index (χ3n) is 4.59. The number of amides is 3. The molecule has 3 heterocycles. The van der Waals surface area contributed by atoms with Crippen LogP contribution in [0.1, 0.15) is 23.3 Å². The first kappa shape index (κ1) is 19.9. The Balaban J connectivity index is 1.38. The van der Waals surface area contributed by atoms with Crippen LogP contribution in [0.2, 0.25) is 0 Å². The van der Waals surface area contributed by atoms with Gasteiger partial charge in [0.15, 0.2) is 0 Å². The van der Waals surface area contributed by atoms with E-state index in [1.54, 1.807) is 18.5 Å². The van der Waals surface area contributed by atoms with Crippen LogP contribution in [-0.4, -0.2) is 28.6 Å². The van der Waals surface area contributed by atoms with Gasteiger partial charge in [-0.25, -0.2) is 0 Å². The molecule has 152 valence electrons. The average Bonchev–Trinajstić information content (AvgIpc) is 3.29. The van der Waals surface area contributed by atoms with Crippen molar-refractivity contribution in [1.29, 1.82) is 0 Å². The van der Waals surface area contributed by atoms with Gasteiger partial charge in [0.1, 0.15) is 11.3 Å². The van der Waals surface area contributed by atoms with Crippen molar-refractivity contribution < 1.29 is 18.8 Å². The molecule has 0 atom stereocenters. The molecule has 0 aliphatic carbocycles. The standard InChI is InChI=1S/C22H19N3O4S/c26-19(24-8-4-7-14-5-2-1-3-6-14)10-16-13-23-12-15-9-17(29-20(15)16)11-18-21(27)25-22(28)30-18/h1-3,5-6,9,11-13H,4,7-8,10H2,(H,24,26)(H,25,27,28)/b18-11-. The maximum absolute atomic E-state index is 12.3. The lowest BCUT2D eigenvalue weighted by Gasteiger charge is -2.06.